The third kappa shape index (κ3) is 3.22. The van der Waals surface area contributed by atoms with Crippen LogP contribution in [0.15, 0.2) is 23.2 Å². The van der Waals surface area contributed by atoms with E-state index >= 15 is 0 Å². The van der Waals surface area contributed by atoms with Gasteiger partial charge in [0.2, 0.25) is 0 Å². The van der Waals surface area contributed by atoms with Gasteiger partial charge >= 0.3 is 0 Å². The number of imidazole rings is 1. The molecule has 0 bridgehead atoms. The molecule has 1 fully saturated rings. The van der Waals surface area contributed by atoms with Gasteiger partial charge in [0.05, 0.1) is 30.2 Å². The Kier molecular flexibility index (Phi) is 5.24. The van der Waals surface area contributed by atoms with Gasteiger partial charge in [0, 0.05) is 18.6 Å². The molecule has 3 heterocycles. The highest BCUT2D eigenvalue weighted by Crippen LogP contribution is 2.25. The Morgan fingerprint density at radius 3 is 3.00 bits per heavy atom. The topological polar surface area (TPSA) is 45.5 Å². The van der Waals surface area contributed by atoms with Crippen LogP contribution in [0.4, 0.5) is 0 Å². The number of aliphatic imine (C=N–C) groups is 1. The molecule has 0 amide bonds. The van der Waals surface area contributed by atoms with Gasteiger partial charge in [-0.15, -0.1) is 24.0 Å². The molecule has 2 unspecified atom stereocenters. The number of benzene rings is 1. The van der Waals surface area contributed by atoms with Crippen molar-refractivity contribution < 1.29 is 0 Å². The molecule has 24 heavy (non-hydrogen) atoms. The number of fused-ring (bicyclic) bond motifs is 2. The maximum atomic E-state index is 6.06. The minimum Gasteiger partial charge on any atom is -0.349 e. The fourth-order valence-corrected chi connectivity index (χ4v) is 3.80. The van der Waals surface area contributed by atoms with Crippen LogP contribution in [-0.2, 0) is 13.6 Å². The van der Waals surface area contributed by atoms with Crippen LogP contribution < -0.4 is 5.32 Å². The second-order valence-electron chi connectivity index (χ2n) is 6.73. The van der Waals surface area contributed by atoms with Crippen molar-refractivity contribution >= 4 is 52.6 Å². The predicted octanol–water partition coefficient (Wildman–Crippen LogP) is 3.40. The normalized spacial score (nSPS) is 23.0. The number of guanidine groups is 1. The lowest BCUT2D eigenvalue weighted by atomic mass is 9.95. The standard InChI is InChI=1S/C17H22ClN5.HI/c1-11-3-5-13-8-19-17(23(13)10-11)20-9-16-21-14-7-12(18)4-6-15(14)22(16)2;/h4,6-7,11,13H,3,5,8-10H2,1-2H3,(H,19,20);1H. The number of rotatable bonds is 2. The monoisotopic (exact) mass is 459 g/mol. The molecule has 0 aliphatic carbocycles. The van der Waals surface area contributed by atoms with E-state index in [2.05, 4.69) is 21.7 Å². The Labute approximate surface area is 164 Å². The maximum Gasteiger partial charge on any atom is 0.194 e. The molecule has 7 heteroatoms. The van der Waals surface area contributed by atoms with Crippen molar-refractivity contribution in [3.05, 3.63) is 29.0 Å². The van der Waals surface area contributed by atoms with E-state index in [9.17, 15) is 0 Å². The zero-order chi connectivity index (χ0) is 16.0. The average molecular weight is 460 g/mol. The number of piperidine rings is 1. The smallest absolute Gasteiger partial charge is 0.194 e. The van der Waals surface area contributed by atoms with Crippen LogP contribution in [0.2, 0.25) is 5.02 Å². The van der Waals surface area contributed by atoms with Crippen molar-refractivity contribution in [1.82, 2.24) is 19.8 Å². The summed E-state index contributed by atoms with van der Waals surface area (Å²) in [5.41, 5.74) is 2.04. The van der Waals surface area contributed by atoms with Crippen molar-refractivity contribution in [2.24, 2.45) is 18.0 Å². The zero-order valence-electron chi connectivity index (χ0n) is 14.0. The Bertz CT molecular complexity index is 772. The molecule has 4 rings (SSSR count). The lowest BCUT2D eigenvalue weighted by molar-refractivity contribution is 0.210. The van der Waals surface area contributed by atoms with E-state index in [0.29, 0.717) is 12.6 Å². The van der Waals surface area contributed by atoms with Gasteiger partial charge in [-0.05, 0) is 37.0 Å². The van der Waals surface area contributed by atoms with Gasteiger partial charge < -0.3 is 14.8 Å². The van der Waals surface area contributed by atoms with Crippen LogP contribution in [0.3, 0.4) is 0 Å². The maximum absolute atomic E-state index is 6.06. The van der Waals surface area contributed by atoms with Gasteiger partial charge in [0.25, 0.3) is 0 Å². The van der Waals surface area contributed by atoms with E-state index in [0.717, 1.165) is 46.8 Å². The lowest BCUT2D eigenvalue weighted by Crippen LogP contribution is -2.48. The van der Waals surface area contributed by atoms with Gasteiger partial charge in [-0.3, -0.25) is 4.99 Å². The van der Waals surface area contributed by atoms with Crippen LogP contribution in [0, 0.1) is 5.92 Å². The number of nitrogens with zero attached hydrogens (tertiary/aromatic N) is 4. The van der Waals surface area contributed by atoms with Crippen LogP contribution in [0.1, 0.15) is 25.6 Å². The first-order valence-corrected chi connectivity index (χ1v) is 8.65. The molecule has 2 aromatic rings. The Morgan fingerprint density at radius 2 is 2.17 bits per heavy atom. The molecule has 2 aliphatic heterocycles. The van der Waals surface area contributed by atoms with Crippen molar-refractivity contribution in [2.75, 3.05) is 13.1 Å². The number of aryl methyl sites for hydroxylation is 1. The van der Waals surface area contributed by atoms with Crippen molar-refractivity contribution in [3.63, 3.8) is 0 Å². The number of hydrogen-bond donors (Lipinski definition) is 1. The predicted molar refractivity (Wildman–Crippen MR) is 109 cm³/mol. The molecule has 1 aromatic carbocycles. The lowest BCUT2D eigenvalue weighted by Gasteiger charge is -2.35. The Morgan fingerprint density at radius 1 is 1.33 bits per heavy atom. The van der Waals surface area contributed by atoms with Crippen molar-refractivity contribution in [2.45, 2.75) is 32.4 Å². The summed E-state index contributed by atoms with van der Waals surface area (Å²) >= 11 is 6.06. The SMILES string of the molecule is CC1CCC2CN=C(NCc3nc4cc(Cl)ccc4n3C)N2C1.I. The van der Waals surface area contributed by atoms with Gasteiger partial charge in [-0.1, -0.05) is 18.5 Å². The summed E-state index contributed by atoms with van der Waals surface area (Å²) in [7, 11) is 2.04. The summed E-state index contributed by atoms with van der Waals surface area (Å²) in [5.74, 6) is 2.78. The van der Waals surface area contributed by atoms with Crippen LogP contribution in [0.25, 0.3) is 11.0 Å². The first kappa shape index (κ1) is 17.8. The summed E-state index contributed by atoms with van der Waals surface area (Å²) in [6.07, 6.45) is 2.57. The quantitative estimate of drug-likeness (QED) is 0.700. The van der Waals surface area contributed by atoms with Gasteiger partial charge in [-0.25, -0.2) is 4.98 Å². The number of aromatic nitrogens is 2. The third-order valence-electron chi connectivity index (χ3n) is 5.01. The van der Waals surface area contributed by atoms with Crippen molar-refractivity contribution in [1.29, 1.82) is 0 Å². The molecule has 2 atom stereocenters. The molecule has 1 aromatic heterocycles. The van der Waals surface area contributed by atoms with Crippen molar-refractivity contribution in [3.8, 4) is 0 Å². The number of hydrogen-bond acceptors (Lipinski definition) is 4. The minimum absolute atomic E-state index is 0. The Hall–Kier alpha value is -1.02. The highest BCUT2D eigenvalue weighted by Gasteiger charge is 2.32. The van der Waals surface area contributed by atoms with E-state index in [1.807, 2.05) is 25.2 Å². The second kappa shape index (κ2) is 7.07. The second-order valence-corrected chi connectivity index (χ2v) is 7.16. The van der Waals surface area contributed by atoms with E-state index in [1.165, 1.54) is 12.8 Å². The summed E-state index contributed by atoms with van der Waals surface area (Å²) in [6, 6.07) is 6.43. The fraction of sp³-hybridized carbons (Fsp3) is 0.529. The minimum atomic E-state index is 0. The van der Waals surface area contributed by atoms with E-state index in [4.69, 9.17) is 21.6 Å². The van der Waals surface area contributed by atoms with E-state index < -0.39 is 0 Å². The molecule has 0 radical (unpaired) electrons. The summed E-state index contributed by atoms with van der Waals surface area (Å²) in [4.78, 5) is 11.8. The molecule has 2 aliphatic rings. The van der Waals surface area contributed by atoms with E-state index in [1.54, 1.807) is 0 Å². The Balaban J connectivity index is 0.00000169. The molecular weight excluding hydrogens is 437 g/mol. The molecular formula is C17H23ClIN5. The van der Waals surface area contributed by atoms with Gasteiger partial charge in [0.15, 0.2) is 5.96 Å². The van der Waals surface area contributed by atoms with Crippen LogP contribution in [0.5, 0.6) is 0 Å². The molecule has 130 valence electrons. The third-order valence-corrected chi connectivity index (χ3v) is 5.24. The highest BCUT2D eigenvalue weighted by molar-refractivity contribution is 14.0. The van der Waals surface area contributed by atoms with Crippen LogP contribution in [-0.4, -0.2) is 39.5 Å². The first-order valence-electron chi connectivity index (χ1n) is 8.27. The average Bonchev–Trinajstić information content (AvgIpc) is 3.06. The first-order chi connectivity index (χ1) is 11.1. The van der Waals surface area contributed by atoms with Gasteiger partial charge in [0.1, 0.15) is 5.82 Å². The molecule has 1 N–H and O–H groups in total. The largest absolute Gasteiger partial charge is 0.349 e. The molecule has 5 nitrogen and oxygen atoms in total. The number of halogens is 2. The molecule has 1 saturated heterocycles. The summed E-state index contributed by atoms with van der Waals surface area (Å²) in [6.45, 7) is 5.03. The van der Waals surface area contributed by atoms with Gasteiger partial charge in [-0.2, -0.15) is 0 Å². The van der Waals surface area contributed by atoms with Crippen LogP contribution >= 0.6 is 35.6 Å². The molecule has 0 spiro atoms. The zero-order valence-corrected chi connectivity index (χ0v) is 17.1. The fourth-order valence-electron chi connectivity index (χ4n) is 3.64. The summed E-state index contributed by atoms with van der Waals surface area (Å²) in [5, 5.41) is 4.22. The number of nitrogens with one attached hydrogen (secondary N) is 1. The van der Waals surface area contributed by atoms with E-state index in [-0.39, 0.29) is 24.0 Å². The summed E-state index contributed by atoms with van der Waals surface area (Å²) < 4.78 is 2.12. The highest BCUT2D eigenvalue weighted by atomic mass is 127. The molecule has 0 saturated carbocycles.